The topological polar surface area (TPSA) is 93.1 Å². The number of ether oxygens (including phenoxy) is 2. The van der Waals surface area contributed by atoms with Gasteiger partial charge in [0.2, 0.25) is 0 Å². The fourth-order valence-electron chi connectivity index (χ4n) is 2.87. The van der Waals surface area contributed by atoms with E-state index in [0.29, 0.717) is 12.2 Å². The molecule has 0 atom stereocenters. The van der Waals surface area contributed by atoms with Crippen LogP contribution >= 0.6 is 0 Å². The highest BCUT2D eigenvalue weighted by Crippen LogP contribution is 2.41. The molecule has 0 spiro atoms. The third-order valence-electron chi connectivity index (χ3n) is 4.31. The van der Waals surface area contributed by atoms with Crippen LogP contribution in [0.3, 0.4) is 0 Å². The van der Waals surface area contributed by atoms with Crippen molar-refractivity contribution in [3.63, 3.8) is 0 Å². The number of sulfonamides is 1. The number of hydrogen-bond acceptors (Lipinski definition) is 5. The lowest BCUT2D eigenvalue weighted by Gasteiger charge is -2.27. The van der Waals surface area contributed by atoms with Gasteiger partial charge in [0, 0.05) is 6.54 Å². The number of methoxy groups -OCH3 is 2. The van der Waals surface area contributed by atoms with Gasteiger partial charge in [0.1, 0.15) is 0 Å². The van der Waals surface area contributed by atoms with E-state index >= 15 is 0 Å². The molecule has 0 unspecified atom stereocenters. The largest absolute Gasteiger partial charge is 0.493 e. The zero-order valence-corrected chi connectivity index (χ0v) is 17.5. The minimum absolute atomic E-state index is 0.0589. The molecule has 0 aliphatic heterocycles. The molecular formula is C21H25NO6S. The molecule has 2 rings (SSSR count). The molecule has 8 heteroatoms. The summed E-state index contributed by atoms with van der Waals surface area (Å²) in [4.78, 5) is 11.3. The Bertz CT molecular complexity index is 983. The summed E-state index contributed by atoms with van der Waals surface area (Å²) in [5.41, 5.74) is 1.88. The average Bonchev–Trinajstić information content (AvgIpc) is 2.67. The highest BCUT2D eigenvalue weighted by atomic mass is 32.2. The van der Waals surface area contributed by atoms with Crippen LogP contribution in [0.4, 0.5) is 5.69 Å². The van der Waals surface area contributed by atoms with Gasteiger partial charge >= 0.3 is 5.97 Å². The second-order valence-electron chi connectivity index (χ2n) is 6.38. The molecule has 29 heavy (non-hydrogen) atoms. The second kappa shape index (κ2) is 9.47. The van der Waals surface area contributed by atoms with Crippen molar-refractivity contribution >= 4 is 21.7 Å². The lowest BCUT2D eigenvalue weighted by molar-refractivity contribution is -0.136. The van der Waals surface area contributed by atoms with Gasteiger partial charge in [-0.1, -0.05) is 23.8 Å². The number of allylic oxidation sites excluding steroid dienone is 1. The highest BCUT2D eigenvalue weighted by Gasteiger charge is 2.29. The predicted molar refractivity (Wildman–Crippen MR) is 111 cm³/mol. The third kappa shape index (κ3) is 5.08. The number of rotatable bonds is 10. The van der Waals surface area contributed by atoms with Gasteiger partial charge in [0.15, 0.2) is 11.5 Å². The zero-order chi connectivity index (χ0) is 21.6. The minimum Gasteiger partial charge on any atom is -0.493 e. The standard InChI is InChI=1S/C21H25NO6S/c1-5-6-16-13-18(21(28-4)19(14-16)27-3)22(12-11-20(23)24)29(25,26)17-9-7-15(2)8-10-17/h5,7-10,13-14H,1,6,11-12H2,2-4H3,(H,23,24). The molecule has 0 heterocycles. The molecule has 0 radical (unpaired) electrons. The Kier molecular flexibility index (Phi) is 7.28. The number of carbonyl (C=O) groups is 1. The summed E-state index contributed by atoms with van der Waals surface area (Å²) in [6.45, 7) is 5.30. The van der Waals surface area contributed by atoms with E-state index in [0.717, 1.165) is 15.4 Å². The summed E-state index contributed by atoms with van der Waals surface area (Å²) in [6.07, 6.45) is 1.79. The van der Waals surface area contributed by atoms with E-state index in [4.69, 9.17) is 14.6 Å². The number of hydrogen-bond donors (Lipinski definition) is 1. The molecule has 0 amide bonds. The lowest BCUT2D eigenvalue weighted by Crippen LogP contribution is -2.33. The predicted octanol–water partition coefficient (Wildman–Crippen LogP) is 3.41. The van der Waals surface area contributed by atoms with Gasteiger partial charge < -0.3 is 14.6 Å². The SMILES string of the molecule is C=CCc1cc(OC)c(OC)c(N(CCC(=O)O)S(=O)(=O)c2ccc(C)cc2)c1. The van der Waals surface area contributed by atoms with Crippen LogP contribution < -0.4 is 13.8 Å². The molecule has 0 saturated heterocycles. The molecule has 0 aromatic heterocycles. The summed E-state index contributed by atoms with van der Waals surface area (Å²) < 4.78 is 38.7. The van der Waals surface area contributed by atoms with Gasteiger partial charge in [0.05, 0.1) is 31.2 Å². The van der Waals surface area contributed by atoms with Crippen LogP contribution in [0.25, 0.3) is 0 Å². The van der Waals surface area contributed by atoms with Crippen LogP contribution in [-0.4, -0.2) is 40.3 Å². The lowest BCUT2D eigenvalue weighted by atomic mass is 10.1. The summed E-state index contributed by atoms with van der Waals surface area (Å²) in [7, 11) is -1.19. The maximum atomic E-state index is 13.4. The van der Waals surface area contributed by atoms with E-state index in [1.165, 1.54) is 26.4 Å². The fourth-order valence-corrected chi connectivity index (χ4v) is 4.34. The van der Waals surface area contributed by atoms with Crippen molar-refractivity contribution in [3.05, 3.63) is 60.2 Å². The van der Waals surface area contributed by atoms with Crippen LogP contribution in [-0.2, 0) is 21.2 Å². The van der Waals surface area contributed by atoms with Crippen LogP contribution in [0, 0.1) is 6.92 Å². The molecule has 7 nitrogen and oxygen atoms in total. The number of carboxylic acid groups (broad SMARTS) is 1. The first-order valence-corrected chi connectivity index (χ1v) is 10.4. The molecule has 0 fully saturated rings. The first-order valence-electron chi connectivity index (χ1n) is 8.91. The first kappa shape index (κ1) is 22.3. The van der Waals surface area contributed by atoms with Gasteiger partial charge in [-0.05, 0) is 43.2 Å². The van der Waals surface area contributed by atoms with Crippen molar-refractivity contribution in [2.24, 2.45) is 0 Å². The van der Waals surface area contributed by atoms with Gasteiger partial charge in [-0.15, -0.1) is 6.58 Å². The number of anilines is 1. The Labute approximate surface area is 171 Å². The van der Waals surface area contributed by atoms with E-state index in [2.05, 4.69) is 6.58 Å². The van der Waals surface area contributed by atoms with E-state index in [9.17, 15) is 13.2 Å². The van der Waals surface area contributed by atoms with Gasteiger partial charge in [-0.2, -0.15) is 0 Å². The van der Waals surface area contributed by atoms with E-state index < -0.39 is 16.0 Å². The Morgan fingerprint density at radius 1 is 1.17 bits per heavy atom. The fraction of sp³-hybridized carbons (Fsp3) is 0.286. The summed E-state index contributed by atoms with van der Waals surface area (Å²) >= 11 is 0. The molecule has 1 N–H and O–H groups in total. The first-order chi connectivity index (χ1) is 13.7. The highest BCUT2D eigenvalue weighted by molar-refractivity contribution is 7.92. The molecule has 0 aliphatic rings. The number of carboxylic acids is 1. The van der Waals surface area contributed by atoms with Crippen molar-refractivity contribution in [3.8, 4) is 11.5 Å². The van der Waals surface area contributed by atoms with Crippen LogP contribution in [0.5, 0.6) is 11.5 Å². The number of benzene rings is 2. The normalized spacial score (nSPS) is 11.0. The zero-order valence-electron chi connectivity index (χ0n) is 16.7. The molecule has 2 aromatic carbocycles. The molecular weight excluding hydrogens is 394 g/mol. The van der Waals surface area contributed by atoms with Crippen molar-refractivity contribution in [2.45, 2.75) is 24.7 Å². The smallest absolute Gasteiger partial charge is 0.305 e. The molecule has 2 aromatic rings. The monoisotopic (exact) mass is 419 g/mol. The van der Waals surface area contributed by atoms with E-state index in [1.54, 1.807) is 30.3 Å². The Morgan fingerprint density at radius 2 is 1.83 bits per heavy atom. The van der Waals surface area contributed by atoms with Crippen LogP contribution in [0.15, 0.2) is 53.9 Å². The van der Waals surface area contributed by atoms with Gasteiger partial charge in [-0.25, -0.2) is 8.42 Å². The van der Waals surface area contributed by atoms with Crippen LogP contribution in [0.1, 0.15) is 17.5 Å². The third-order valence-corrected chi connectivity index (χ3v) is 6.13. The number of nitrogens with zero attached hydrogens (tertiary/aromatic N) is 1. The van der Waals surface area contributed by atoms with Crippen molar-refractivity contribution in [1.29, 1.82) is 0 Å². The van der Waals surface area contributed by atoms with E-state index in [-0.39, 0.29) is 29.3 Å². The maximum absolute atomic E-state index is 13.4. The average molecular weight is 419 g/mol. The number of aliphatic carboxylic acids is 1. The molecule has 156 valence electrons. The molecule has 0 aliphatic carbocycles. The maximum Gasteiger partial charge on any atom is 0.305 e. The summed E-state index contributed by atoms with van der Waals surface area (Å²) in [5.74, 6) is -0.551. The van der Waals surface area contributed by atoms with Crippen LogP contribution in [0.2, 0.25) is 0 Å². The van der Waals surface area contributed by atoms with Crippen molar-refractivity contribution < 1.29 is 27.8 Å². The molecule has 0 saturated carbocycles. The van der Waals surface area contributed by atoms with Gasteiger partial charge in [-0.3, -0.25) is 9.10 Å². The van der Waals surface area contributed by atoms with Crippen molar-refractivity contribution in [2.75, 3.05) is 25.1 Å². The van der Waals surface area contributed by atoms with Crippen molar-refractivity contribution in [1.82, 2.24) is 0 Å². The summed E-state index contributed by atoms with van der Waals surface area (Å²) in [6, 6.07) is 9.75. The number of aryl methyl sites for hydroxylation is 1. The van der Waals surface area contributed by atoms with Gasteiger partial charge in [0.25, 0.3) is 10.0 Å². The minimum atomic E-state index is -4.05. The second-order valence-corrected chi connectivity index (χ2v) is 8.24. The Balaban J connectivity index is 2.71. The summed E-state index contributed by atoms with van der Waals surface area (Å²) in [5, 5.41) is 9.16. The molecule has 0 bridgehead atoms. The Morgan fingerprint density at radius 3 is 2.34 bits per heavy atom. The quantitative estimate of drug-likeness (QED) is 0.593. The van der Waals surface area contributed by atoms with E-state index in [1.807, 2.05) is 6.92 Å². The Hall–Kier alpha value is -3.00.